The van der Waals surface area contributed by atoms with Gasteiger partial charge in [-0.2, -0.15) is 0 Å². The topological polar surface area (TPSA) is 51.2 Å². The van der Waals surface area contributed by atoms with Gasteiger partial charge in [0.05, 0.1) is 20.1 Å². The van der Waals surface area contributed by atoms with Crippen LogP contribution >= 0.6 is 22.9 Å². The van der Waals surface area contributed by atoms with Gasteiger partial charge in [-0.05, 0) is 17.7 Å². The molecule has 2 aromatic rings. The van der Waals surface area contributed by atoms with Crippen LogP contribution in [0.5, 0.6) is 0 Å². The summed E-state index contributed by atoms with van der Waals surface area (Å²) in [7, 11) is 1.39. The fourth-order valence-corrected chi connectivity index (χ4v) is 2.45. The van der Waals surface area contributed by atoms with E-state index in [9.17, 15) is 4.79 Å². The van der Waals surface area contributed by atoms with E-state index in [1.165, 1.54) is 18.4 Å². The molecule has 1 N–H and O–H groups in total. The molecule has 0 atom stereocenters. The fraction of sp³-hybridized carbons (Fsp3) is 0.231. The van der Waals surface area contributed by atoms with Gasteiger partial charge in [0.15, 0.2) is 4.47 Å². The van der Waals surface area contributed by atoms with Gasteiger partial charge in [-0.25, -0.2) is 4.98 Å². The lowest BCUT2D eigenvalue weighted by Crippen LogP contribution is -2.04. The van der Waals surface area contributed by atoms with Crippen molar-refractivity contribution in [3.63, 3.8) is 0 Å². The van der Waals surface area contributed by atoms with E-state index < -0.39 is 0 Å². The van der Waals surface area contributed by atoms with Crippen LogP contribution in [0.3, 0.4) is 0 Å². The summed E-state index contributed by atoms with van der Waals surface area (Å²) in [6.45, 7) is 0.681. The number of halogens is 1. The molecule has 1 aromatic carbocycles. The number of anilines is 1. The zero-order valence-electron chi connectivity index (χ0n) is 10.4. The fourth-order valence-electron chi connectivity index (χ4n) is 1.53. The molecule has 0 amide bonds. The molecule has 2 rings (SSSR count). The van der Waals surface area contributed by atoms with Gasteiger partial charge in [-0.15, -0.1) is 11.3 Å². The van der Waals surface area contributed by atoms with Gasteiger partial charge in [0.1, 0.15) is 0 Å². The lowest BCUT2D eigenvalue weighted by Gasteiger charge is -2.05. The Morgan fingerprint density at radius 3 is 2.74 bits per heavy atom. The standard InChI is InChI=1S/C13H13ClN2O2S/c1-18-12(17)6-9-2-4-10(5-3-9)15-7-11-8-16-13(14)19-11/h2-5,8,15H,6-7H2,1H3. The van der Waals surface area contributed by atoms with Crippen molar-refractivity contribution >= 4 is 34.6 Å². The van der Waals surface area contributed by atoms with Gasteiger partial charge in [0.25, 0.3) is 0 Å². The number of benzene rings is 1. The molecule has 0 fully saturated rings. The number of thiazole rings is 1. The van der Waals surface area contributed by atoms with E-state index in [0.717, 1.165) is 16.1 Å². The Balaban J connectivity index is 1.89. The van der Waals surface area contributed by atoms with Crippen molar-refractivity contribution in [2.75, 3.05) is 12.4 Å². The molecular weight excluding hydrogens is 284 g/mol. The molecule has 0 radical (unpaired) electrons. The number of methoxy groups -OCH3 is 1. The van der Waals surface area contributed by atoms with Crippen LogP contribution in [0, 0.1) is 0 Å². The van der Waals surface area contributed by atoms with Crippen LogP contribution in [0.15, 0.2) is 30.5 Å². The molecule has 0 spiro atoms. The van der Waals surface area contributed by atoms with E-state index in [2.05, 4.69) is 15.0 Å². The molecule has 4 nitrogen and oxygen atoms in total. The molecule has 1 aromatic heterocycles. The van der Waals surface area contributed by atoms with Gasteiger partial charge in [-0.1, -0.05) is 23.7 Å². The van der Waals surface area contributed by atoms with Gasteiger partial charge >= 0.3 is 5.97 Å². The van der Waals surface area contributed by atoms with Crippen LogP contribution in [0.2, 0.25) is 4.47 Å². The van der Waals surface area contributed by atoms with Crippen LogP contribution in [0.25, 0.3) is 0 Å². The molecule has 0 aliphatic rings. The van der Waals surface area contributed by atoms with Crippen LogP contribution < -0.4 is 5.32 Å². The minimum Gasteiger partial charge on any atom is -0.469 e. The average molecular weight is 297 g/mol. The van der Waals surface area contributed by atoms with E-state index in [4.69, 9.17) is 11.6 Å². The van der Waals surface area contributed by atoms with Gasteiger partial charge in [0.2, 0.25) is 0 Å². The van der Waals surface area contributed by atoms with E-state index in [1.807, 2.05) is 24.3 Å². The van der Waals surface area contributed by atoms with Gasteiger partial charge in [-0.3, -0.25) is 4.79 Å². The summed E-state index contributed by atoms with van der Waals surface area (Å²) in [4.78, 5) is 16.2. The third-order valence-electron chi connectivity index (χ3n) is 2.52. The number of carbonyl (C=O) groups excluding carboxylic acids is 1. The highest BCUT2D eigenvalue weighted by Gasteiger charge is 2.03. The van der Waals surface area contributed by atoms with Crippen LogP contribution in [-0.2, 0) is 22.5 Å². The number of hydrogen-bond donors (Lipinski definition) is 1. The van der Waals surface area contributed by atoms with Gasteiger partial charge < -0.3 is 10.1 Å². The van der Waals surface area contributed by atoms with Crippen molar-refractivity contribution in [1.82, 2.24) is 4.98 Å². The monoisotopic (exact) mass is 296 g/mol. The first-order valence-corrected chi connectivity index (χ1v) is 6.86. The first-order chi connectivity index (χ1) is 9.17. The predicted octanol–water partition coefficient (Wildman–Crippen LogP) is 3.12. The predicted molar refractivity (Wildman–Crippen MR) is 76.6 cm³/mol. The third-order valence-corrected chi connectivity index (χ3v) is 3.64. The number of ether oxygens (including phenoxy) is 1. The van der Waals surface area contributed by atoms with E-state index in [0.29, 0.717) is 17.4 Å². The number of aromatic nitrogens is 1. The maximum absolute atomic E-state index is 11.1. The Bertz CT molecular complexity index is 554. The molecule has 6 heteroatoms. The molecule has 19 heavy (non-hydrogen) atoms. The minimum absolute atomic E-state index is 0.236. The van der Waals surface area contributed by atoms with Crippen molar-refractivity contribution in [3.05, 3.63) is 45.4 Å². The number of hydrogen-bond acceptors (Lipinski definition) is 5. The molecule has 0 aliphatic carbocycles. The summed E-state index contributed by atoms with van der Waals surface area (Å²) >= 11 is 7.21. The summed E-state index contributed by atoms with van der Waals surface area (Å²) in [5, 5.41) is 3.26. The molecule has 0 unspecified atom stereocenters. The molecule has 0 saturated carbocycles. The smallest absolute Gasteiger partial charge is 0.309 e. The first kappa shape index (κ1) is 13.8. The Hall–Kier alpha value is -1.59. The number of nitrogens with one attached hydrogen (secondary N) is 1. The highest BCUT2D eigenvalue weighted by atomic mass is 35.5. The number of esters is 1. The van der Waals surface area contributed by atoms with E-state index >= 15 is 0 Å². The lowest BCUT2D eigenvalue weighted by molar-refractivity contribution is -0.139. The van der Waals surface area contributed by atoms with Crippen LogP contribution in [0.1, 0.15) is 10.4 Å². The molecule has 1 heterocycles. The Morgan fingerprint density at radius 1 is 1.42 bits per heavy atom. The minimum atomic E-state index is -0.236. The van der Waals surface area contributed by atoms with E-state index in [-0.39, 0.29) is 5.97 Å². The van der Waals surface area contributed by atoms with Crippen LogP contribution in [0.4, 0.5) is 5.69 Å². The quantitative estimate of drug-likeness (QED) is 0.861. The number of rotatable bonds is 5. The first-order valence-electron chi connectivity index (χ1n) is 5.67. The van der Waals surface area contributed by atoms with Crippen molar-refractivity contribution in [3.8, 4) is 0 Å². The maximum Gasteiger partial charge on any atom is 0.309 e. The zero-order valence-corrected chi connectivity index (χ0v) is 11.9. The highest BCUT2D eigenvalue weighted by molar-refractivity contribution is 7.15. The summed E-state index contributed by atoms with van der Waals surface area (Å²) in [6, 6.07) is 7.67. The summed E-state index contributed by atoms with van der Waals surface area (Å²) in [5.74, 6) is -0.236. The van der Waals surface area contributed by atoms with E-state index in [1.54, 1.807) is 6.20 Å². The summed E-state index contributed by atoms with van der Waals surface area (Å²) in [6.07, 6.45) is 2.05. The van der Waals surface area contributed by atoms with Crippen molar-refractivity contribution in [2.45, 2.75) is 13.0 Å². The Kier molecular flexibility index (Phi) is 4.76. The van der Waals surface area contributed by atoms with Gasteiger partial charge in [0, 0.05) is 16.8 Å². The average Bonchev–Trinajstić information content (AvgIpc) is 2.83. The van der Waals surface area contributed by atoms with Crippen LogP contribution in [-0.4, -0.2) is 18.1 Å². The zero-order chi connectivity index (χ0) is 13.7. The molecular formula is C13H13ClN2O2S. The summed E-state index contributed by atoms with van der Waals surface area (Å²) < 4.78 is 5.17. The maximum atomic E-state index is 11.1. The second kappa shape index (κ2) is 6.54. The molecule has 100 valence electrons. The SMILES string of the molecule is COC(=O)Cc1ccc(NCc2cnc(Cl)s2)cc1. The third kappa shape index (κ3) is 4.22. The second-order valence-electron chi connectivity index (χ2n) is 3.88. The largest absolute Gasteiger partial charge is 0.469 e. The van der Waals surface area contributed by atoms with Crippen molar-refractivity contribution in [2.24, 2.45) is 0 Å². The number of nitrogens with zero attached hydrogens (tertiary/aromatic N) is 1. The second-order valence-corrected chi connectivity index (χ2v) is 5.58. The molecule has 0 saturated heterocycles. The Labute approximate surface area is 120 Å². The highest BCUT2D eigenvalue weighted by Crippen LogP contribution is 2.19. The molecule has 0 bridgehead atoms. The Morgan fingerprint density at radius 2 is 2.16 bits per heavy atom. The molecule has 0 aliphatic heterocycles. The lowest BCUT2D eigenvalue weighted by atomic mass is 10.1. The summed E-state index contributed by atoms with van der Waals surface area (Å²) in [5.41, 5.74) is 1.91. The van der Waals surface area contributed by atoms with Crippen molar-refractivity contribution < 1.29 is 9.53 Å². The normalized spacial score (nSPS) is 10.2. The number of carbonyl (C=O) groups is 1. The van der Waals surface area contributed by atoms with Crippen molar-refractivity contribution in [1.29, 1.82) is 0 Å².